The average molecular weight is 613 g/mol. The molecule has 240 valence electrons. The summed E-state index contributed by atoms with van der Waals surface area (Å²) >= 11 is 0. The number of hydrogen-bond acceptors (Lipinski definition) is 6. The monoisotopic (exact) mass is 612 g/mol. The molecule has 1 fully saturated rings. The van der Waals surface area contributed by atoms with E-state index >= 15 is 0 Å². The topological polar surface area (TPSA) is 68.3 Å². The van der Waals surface area contributed by atoms with Crippen molar-refractivity contribution in [3.05, 3.63) is 95.6 Å². The quantitative estimate of drug-likeness (QED) is 0.139. The van der Waals surface area contributed by atoms with Gasteiger partial charge in [0.25, 0.3) is 0 Å². The number of carbonyl (C=O) groups is 2. The van der Waals surface area contributed by atoms with E-state index in [-0.39, 0.29) is 12.1 Å². The van der Waals surface area contributed by atoms with Gasteiger partial charge in [0.05, 0.1) is 5.41 Å². The fourth-order valence-corrected chi connectivity index (χ4v) is 5.12. The Morgan fingerprint density at radius 2 is 1.27 bits per heavy atom. The first-order chi connectivity index (χ1) is 21.3. The first kappa shape index (κ1) is 33.8. The molecule has 0 unspecified atom stereocenters. The van der Waals surface area contributed by atoms with E-state index in [9.17, 15) is 9.59 Å². The highest BCUT2D eigenvalue weighted by molar-refractivity contribution is 5.98. The molecular weight excluding hydrogens is 564 g/mol. The van der Waals surface area contributed by atoms with Crippen LogP contribution in [0.25, 0.3) is 11.1 Å². The number of carbonyl (C=O) groups excluding carboxylic acids is 2. The third kappa shape index (κ3) is 9.69. The minimum atomic E-state index is -0.576. The minimum Gasteiger partial charge on any atom is -0.492 e. The van der Waals surface area contributed by atoms with E-state index in [0.29, 0.717) is 25.4 Å². The molecule has 0 radical (unpaired) electrons. The highest BCUT2D eigenvalue weighted by Crippen LogP contribution is 2.36. The number of allylic oxidation sites excluding steroid dienone is 1. The van der Waals surface area contributed by atoms with E-state index < -0.39 is 11.0 Å². The zero-order valence-electron chi connectivity index (χ0n) is 27.9. The summed E-state index contributed by atoms with van der Waals surface area (Å²) < 4.78 is 17.3. The van der Waals surface area contributed by atoms with E-state index in [0.717, 1.165) is 48.5 Å². The van der Waals surface area contributed by atoms with Crippen LogP contribution in [0.4, 0.5) is 4.79 Å². The Labute approximate surface area is 268 Å². The molecule has 0 aliphatic carbocycles. The maximum Gasteiger partial charge on any atom is 0.410 e. The summed E-state index contributed by atoms with van der Waals surface area (Å²) in [6.07, 6.45) is 0.602. The van der Waals surface area contributed by atoms with Gasteiger partial charge in [0.2, 0.25) is 0 Å². The van der Waals surface area contributed by atoms with Gasteiger partial charge in [-0.05, 0) is 100 Å². The first-order valence-corrected chi connectivity index (χ1v) is 15.9. The lowest BCUT2D eigenvalue weighted by molar-refractivity contribution is -0.143. The Bertz CT molecular complexity index is 1440. The second-order valence-electron chi connectivity index (χ2n) is 13.4. The van der Waals surface area contributed by atoms with Gasteiger partial charge in [-0.3, -0.25) is 9.69 Å². The first-order valence-electron chi connectivity index (χ1n) is 15.9. The van der Waals surface area contributed by atoms with Crippen molar-refractivity contribution in [2.24, 2.45) is 5.41 Å². The average Bonchev–Trinajstić information content (AvgIpc) is 3.00. The Kier molecular flexibility index (Phi) is 11.1. The lowest BCUT2D eigenvalue weighted by Gasteiger charge is -2.35. The normalized spacial score (nSPS) is 14.9. The Morgan fingerprint density at radius 1 is 0.711 bits per heavy atom. The third-order valence-electron chi connectivity index (χ3n) is 7.59. The van der Waals surface area contributed by atoms with Gasteiger partial charge in [0.15, 0.2) is 0 Å². The Hall–Kier alpha value is -4.10. The molecule has 0 spiro atoms. The molecule has 1 saturated heterocycles. The van der Waals surface area contributed by atoms with Crippen LogP contribution in [-0.2, 0) is 9.53 Å². The zero-order valence-corrected chi connectivity index (χ0v) is 27.9. The molecule has 0 bridgehead atoms. The van der Waals surface area contributed by atoms with E-state index in [1.165, 1.54) is 11.1 Å². The van der Waals surface area contributed by atoms with Crippen LogP contribution in [0, 0.1) is 5.41 Å². The number of amides is 1. The minimum absolute atomic E-state index is 0.245. The van der Waals surface area contributed by atoms with Crippen molar-refractivity contribution < 1.29 is 23.8 Å². The smallest absolute Gasteiger partial charge is 0.410 e. The van der Waals surface area contributed by atoms with Crippen LogP contribution >= 0.6 is 0 Å². The molecule has 0 atom stereocenters. The molecular formula is C38H48N2O5. The van der Waals surface area contributed by atoms with Crippen molar-refractivity contribution in [3.8, 4) is 11.5 Å². The highest BCUT2D eigenvalue weighted by Gasteiger charge is 2.26. The summed E-state index contributed by atoms with van der Waals surface area (Å²) in [5.74, 6) is 1.08. The molecule has 3 aromatic rings. The number of nitrogens with zero attached hydrogens (tertiary/aromatic N) is 2. The summed E-state index contributed by atoms with van der Waals surface area (Å²) in [7, 11) is 0. The highest BCUT2D eigenvalue weighted by atomic mass is 16.6. The Balaban J connectivity index is 1.44. The molecule has 0 aromatic heterocycles. The van der Waals surface area contributed by atoms with Crippen LogP contribution in [0.1, 0.15) is 71.6 Å². The van der Waals surface area contributed by atoms with E-state index in [2.05, 4.69) is 48.2 Å². The van der Waals surface area contributed by atoms with E-state index in [1.54, 1.807) is 4.90 Å². The largest absolute Gasteiger partial charge is 0.492 e. The fraction of sp³-hybridized carbons (Fsp3) is 0.421. The van der Waals surface area contributed by atoms with Gasteiger partial charge in [0.1, 0.15) is 23.7 Å². The van der Waals surface area contributed by atoms with Crippen molar-refractivity contribution >= 4 is 23.2 Å². The van der Waals surface area contributed by atoms with Crippen molar-refractivity contribution in [2.75, 3.05) is 39.3 Å². The number of esters is 1. The van der Waals surface area contributed by atoms with Crippen LogP contribution in [0.3, 0.4) is 0 Å². The lowest BCUT2D eigenvalue weighted by Crippen LogP contribution is -2.50. The second-order valence-corrected chi connectivity index (χ2v) is 13.4. The molecule has 1 aliphatic rings. The van der Waals surface area contributed by atoms with Gasteiger partial charge in [-0.1, -0.05) is 61.5 Å². The van der Waals surface area contributed by atoms with Gasteiger partial charge < -0.3 is 19.1 Å². The number of piperazine rings is 1. The fourth-order valence-electron chi connectivity index (χ4n) is 5.12. The number of benzene rings is 3. The van der Waals surface area contributed by atoms with E-state index in [1.807, 2.05) is 84.0 Å². The van der Waals surface area contributed by atoms with Crippen molar-refractivity contribution in [3.63, 3.8) is 0 Å². The summed E-state index contributed by atoms with van der Waals surface area (Å²) in [4.78, 5) is 28.9. The maximum atomic E-state index is 12.4. The molecule has 1 amide bonds. The molecule has 4 rings (SSSR count). The van der Waals surface area contributed by atoms with Gasteiger partial charge in [0, 0.05) is 32.7 Å². The van der Waals surface area contributed by atoms with Crippen molar-refractivity contribution in [2.45, 2.75) is 60.5 Å². The Morgan fingerprint density at radius 3 is 1.78 bits per heavy atom. The molecule has 0 N–H and O–H groups in total. The van der Waals surface area contributed by atoms with Crippen LogP contribution in [-0.4, -0.2) is 66.8 Å². The number of rotatable bonds is 9. The van der Waals surface area contributed by atoms with Gasteiger partial charge >= 0.3 is 12.1 Å². The van der Waals surface area contributed by atoms with Crippen LogP contribution in [0.5, 0.6) is 11.5 Å². The molecule has 7 nitrogen and oxygen atoms in total. The van der Waals surface area contributed by atoms with Crippen molar-refractivity contribution in [1.82, 2.24) is 9.80 Å². The second kappa shape index (κ2) is 14.8. The molecule has 45 heavy (non-hydrogen) atoms. The molecule has 3 aromatic carbocycles. The summed E-state index contributed by atoms with van der Waals surface area (Å²) in [6, 6.07) is 26.5. The third-order valence-corrected chi connectivity index (χ3v) is 7.59. The zero-order chi connectivity index (χ0) is 32.6. The SMILES string of the molecule is CCC(=C(c1ccc(OCCN2CCN(C(=O)OC(C)(C)C)CC2)cc1)c1ccc(OC(=O)C(C)(C)C)cc1)c1ccccc1. The van der Waals surface area contributed by atoms with Crippen LogP contribution < -0.4 is 9.47 Å². The predicted octanol–water partition coefficient (Wildman–Crippen LogP) is 7.94. The van der Waals surface area contributed by atoms with Crippen LogP contribution in [0.2, 0.25) is 0 Å². The standard InChI is InChI=1S/C38H48N2O5/c1-8-33(28-12-10-9-11-13-28)34(30-16-20-32(21-17-30)44-35(41)37(2,3)4)29-14-18-31(19-15-29)43-27-26-39-22-24-40(25-23-39)36(42)45-38(5,6)7/h9-21H,8,22-27H2,1-7H3. The summed E-state index contributed by atoms with van der Waals surface area (Å²) in [5, 5.41) is 0. The van der Waals surface area contributed by atoms with Gasteiger partial charge in [-0.15, -0.1) is 0 Å². The van der Waals surface area contributed by atoms with Crippen molar-refractivity contribution in [1.29, 1.82) is 0 Å². The lowest BCUT2D eigenvalue weighted by atomic mass is 9.88. The van der Waals surface area contributed by atoms with E-state index in [4.69, 9.17) is 14.2 Å². The molecule has 7 heteroatoms. The van der Waals surface area contributed by atoms with Crippen LogP contribution in [0.15, 0.2) is 78.9 Å². The number of hydrogen-bond donors (Lipinski definition) is 0. The molecule has 1 aliphatic heterocycles. The summed E-state index contributed by atoms with van der Waals surface area (Å²) in [6.45, 7) is 17.6. The van der Waals surface area contributed by atoms with Gasteiger partial charge in [-0.2, -0.15) is 0 Å². The molecule has 1 heterocycles. The predicted molar refractivity (Wildman–Crippen MR) is 180 cm³/mol. The molecule has 0 saturated carbocycles. The maximum absolute atomic E-state index is 12.4. The number of ether oxygens (including phenoxy) is 3. The summed E-state index contributed by atoms with van der Waals surface area (Å²) in [5.41, 5.74) is 4.60. The van der Waals surface area contributed by atoms with Gasteiger partial charge in [-0.25, -0.2) is 4.79 Å².